The van der Waals surface area contributed by atoms with Crippen LogP contribution in [-0.4, -0.2) is 40.2 Å². The maximum atomic E-state index is 13.2. The van der Waals surface area contributed by atoms with E-state index in [0.717, 1.165) is 12.1 Å². The summed E-state index contributed by atoms with van der Waals surface area (Å²) in [6.45, 7) is 1.99. The van der Waals surface area contributed by atoms with Crippen LogP contribution in [0, 0.1) is 0 Å². The fourth-order valence-corrected chi connectivity index (χ4v) is 3.44. The third kappa shape index (κ3) is 3.88. The second-order valence-corrected chi connectivity index (χ2v) is 7.20. The molecule has 166 valence electrons. The first-order valence-corrected chi connectivity index (χ1v) is 9.57. The first-order chi connectivity index (χ1) is 15.2. The monoisotopic (exact) mass is 445 g/mol. The molecule has 3 heterocycles. The summed E-state index contributed by atoms with van der Waals surface area (Å²) in [6.07, 6.45) is -1.75. The number of benzene rings is 1. The van der Waals surface area contributed by atoms with Crippen LogP contribution in [0.15, 0.2) is 48.8 Å². The SMILES string of the molecule is COc1ccc(NC(=O)c2cnn3c2C(=O)N(c2ccc(C(F)(F)F)cc2)C[C@@H]3C)nc1. The Morgan fingerprint density at radius 1 is 1.16 bits per heavy atom. The molecule has 0 radical (unpaired) electrons. The zero-order valence-electron chi connectivity index (χ0n) is 17.1. The molecule has 32 heavy (non-hydrogen) atoms. The van der Waals surface area contributed by atoms with Gasteiger partial charge in [-0.15, -0.1) is 0 Å². The van der Waals surface area contributed by atoms with Crippen LogP contribution in [0.5, 0.6) is 5.75 Å². The molecule has 1 aliphatic rings. The molecule has 2 aromatic heterocycles. The maximum Gasteiger partial charge on any atom is 0.416 e. The summed E-state index contributed by atoms with van der Waals surface area (Å²) in [5, 5.41) is 6.78. The number of alkyl halides is 3. The molecule has 1 aliphatic heterocycles. The Morgan fingerprint density at radius 2 is 1.88 bits per heavy atom. The molecule has 0 aliphatic carbocycles. The van der Waals surface area contributed by atoms with Crippen molar-refractivity contribution in [2.45, 2.75) is 19.1 Å². The van der Waals surface area contributed by atoms with E-state index in [0.29, 0.717) is 11.4 Å². The number of nitrogens with zero attached hydrogens (tertiary/aromatic N) is 4. The summed E-state index contributed by atoms with van der Waals surface area (Å²) in [5.41, 5.74) is -0.424. The van der Waals surface area contributed by atoms with Crippen LogP contribution in [0.25, 0.3) is 0 Å². The zero-order chi connectivity index (χ0) is 23.0. The molecule has 0 bridgehead atoms. The molecule has 0 unspecified atom stereocenters. The Kier molecular flexibility index (Phi) is 5.33. The second-order valence-electron chi connectivity index (χ2n) is 7.20. The number of anilines is 2. The van der Waals surface area contributed by atoms with Crippen molar-refractivity contribution in [1.29, 1.82) is 0 Å². The highest BCUT2D eigenvalue weighted by Gasteiger charge is 2.36. The van der Waals surface area contributed by atoms with Gasteiger partial charge in [0.25, 0.3) is 11.8 Å². The van der Waals surface area contributed by atoms with Crippen LogP contribution in [0.4, 0.5) is 24.7 Å². The van der Waals surface area contributed by atoms with Crippen molar-refractivity contribution in [3.63, 3.8) is 0 Å². The predicted octanol–water partition coefficient (Wildman–Crippen LogP) is 3.78. The molecule has 4 rings (SSSR count). The van der Waals surface area contributed by atoms with E-state index in [1.165, 1.54) is 41.2 Å². The van der Waals surface area contributed by atoms with Gasteiger partial charge in [-0.3, -0.25) is 14.3 Å². The van der Waals surface area contributed by atoms with Crippen molar-refractivity contribution in [2.24, 2.45) is 0 Å². The van der Waals surface area contributed by atoms with Gasteiger partial charge in [-0.2, -0.15) is 18.3 Å². The first-order valence-electron chi connectivity index (χ1n) is 9.57. The van der Waals surface area contributed by atoms with E-state index in [1.54, 1.807) is 19.1 Å². The first kappa shape index (κ1) is 21.3. The lowest BCUT2D eigenvalue weighted by Gasteiger charge is -2.32. The second kappa shape index (κ2) is 7.98. The summed E-state index contributed by atoms with van der Waals surface area (Å²) in [6, 6.07) is 7.18. The highest BCUT2D eigenvalue weighted by Crippen LogP contribution is 2.33. The molecular formula is C21H18F3N5O3. The van der Waals surface area contributed by atoms with Crippen LogP contribution in [0.1, 0.15) is 39.4 Å². The van der Waals surface area contributed by atoms with Crippen molar-refractivity contribution in [3.8, 4) is 5.75 Å². The van der Waals surface area contributed by atoms with Crippen LogP contribution < -0.4 is 15.0 Å². The summed E-state index contributed by atoms with van der Waals surface area (Å²) in [7, 11) is 1.49. The average Bonchev–Trinajstić information content (AvgIpc) is 3.23. The van der Waals surface area contributed by atoms with Crippen molar-refractivity contribution in [3.05, 3.63) is 65.6 Å². The molecule has 1 aromatic carbocycles. The van der Waals surface area contributed by atoms with Gasteiger partial charge in [0.1, 0.15) is 17.3 Å². The normalized spacial score (nSPS) is 16.0. The number of pyridine rings is 1. The number of amides is 2. The minimum Gasteiger partial charge on any atom is -0.495 e. The van der Waals surface area contributed by atoms with Crippen LogP contribution >= 0.6 is 0 Å². The van der Waals surface area contributed by atoms with Gasteiger partial charge < -0.3 is 15.0 Å². The summed E-state index contributed by atoms with van der Waals surface area (Å²) in [4.78, 5) is 31.4. The molecule has 0 saturated carbocycles. The lowest BCUT2D eigenvalue weighted by atomic mass is 10.1. The van der Waals surface area contributed by atoms with E-state index >= 15 is 0 Å². The molecule has 0 saturated heterocycles. The van der Waals surface area contributed by atoms with Gasteiger partial charge in [-0.05, 0) is 43.3 Å². The smallest absolute Gasteiger partial charge is 0.416 e. The number of carbonyl (C=O) groups excluding carboxylic acids is 2. The third-order valence-corrected chi connectivity index (χ3v) is 5.07. The van der Waals surface area contributed by atoms with E-state index in [9.17, 15) is 22.8 Å². The quantitative estimate of drug-likeness (QED) is 0.660. The number of rotatable bonds is 4. The number of hydrogen-bond donors (Lipinski definition) is 1. The van der Waals surface area contributed by atoms with Crippen LogP contribution in [-0.2, 0) is 6.18 Å². The van der Waals surface area contributed by atoms with Gasteiger partial charge in [0.2, 0.25) is 0 Å². The molecule has 0 fully saturated rings. The molecule has 2 amide bonds. The van der Waals surface area contributed by atoms with Crippen molar-refractivity contribution in [1.82, 2.24) is 14.8 Å². The number of aromatic nitrogens is 3. The zero-order valence-corrected chi connectivity index (χ0v) is 17.1. The van der Waals surface area contributed by atoms with E-state index in [4.69, 9.17) is 4.74 Å². The van der Waals surface area contributed by atoms with Crippen LogP contribution in [0.2, 0.25) is 0 Å². The molecule has 11 heteroatoms. The van der Waals surface area contributed by atoms with Crippen molar-refractivity contribution in [2.75, 3.05) is 23.9 Å². The van der Waals surface area contributed by atoms with Gasteiger partial charge in [-0.1, -0.05) is 0 Å². The van der Waals surface area contributed by atoms with Gasteiger partial charge in [0, 0.05) is 12.2 Å². The lowest BCUT2D eigenvalue weighted by molar-refractivity contribution is -0.137. The highest BCUT2D eigenvalue weighted by atomic mass is 19.4. The predicted molar refractivity (Wildman–Crippen MR) is 109 cm³/mol. The molecule has 1 N–H and O–H groups in total. The Labute approximate surface area is 180 Å². The molecular weight excluding hydrogens is 427 g/mol. The molecule has 8 nitrogen and oxygen atoms in total. The van der Waals surface area contributed by atoms with E-state index in [-0.39, 0.29) is 29.7 Å². The fourth-order valence-electron chi connectivity index (χ4n) is 3.44. The van der Waals surface area contributed by atoms with Gasteiger partial charge in [-0.25, -0.2) is 4.98 Å². The van der Waals surface area contributed by atoms with E-state index in [1.807, 2.05) is 0 Å². The summed E-state index contributed by atoms with van der Waals surface area (Å²) in [5.74, 6) is -0.347. The summed E-state index contributed by atoms with van der Waals surface area (Å²) >= 11 is 0. The Hall–Kier alpha value is -3.89. The third-order valence-electron chi connectivity index (χ3n) is 5.07. The highest BCUT2D eigenvalue weighted by molar-refractivity contribution is 6.15. The van der Waals surface area contributed by atoms with E-state index in [2.05, 4.69) is 15.4 Å². The Bertz CT molecular complexity index is 1160. The minimum atomic E-state index is -4.48. The largest absolute Gasteiger partial charge is 0.495 e. The standard InChI is InChI=1S/C21H18F3N5O3/c1-12-11-28(14-5-3-13(4-6-14)21(22,23)24)20(31)18-16(10-26-29(12)18)19(30)27-17-8-7-15(32-2)9-25-17/h3-10,12H,11H2,1-2H3,(H,25,27,30)/t12-/m0/s1. The number of carbonyl (C=O) groups is 2. The number of hydrogen-bond acceptors (Lipinski definition) is 5. The lowest BCUT2D eigenvalue weighted by Crippen LogP contribution is -2.43. The minimum absolute atomic E-state index is 0.0380. The number of nitrogens with one attached hydrogen (secondary N) is 1. The maximum absolute atomic E-state index is 13.2. The number of halogens is 3. The van der Waals surface area contributed by atoms with Gasteiger partial charge in [0.05, 0.1) is 36.7 Å². The molecule has 0 spiro atoms. The molecule has 1 atom stereocenters. The molecule has 3 aromatic rings. The Morgan fingerprint density at radius 3 is 2.47 bits per heavy atom. The Balaban J connectivity index is 1.62. The number of fused-ring (bicyclic) bond motifs is 1. The average molecular weight is 445 g/mol. The van der Waals surface area contributed by atoms with Crippen molar-refractivity contribution >= 4 is 23.3 Å². The van der Waals surface area contributed by atoms with Crippen molar-refractivity contribution < 1.29 is 27.5 Å². The van der Waals surface area contributed by atoms with Crippen LogP contribution in [0.3, 0.4) is 0 Å². The number of ether oxygens (including phenoxy) is 1. The van der Waals surface area contributed by atoms with E-state index < -0.39 is 23.6 Å². The van der Waals surface area contributed by atoms with Gasteiger partial charge >= 0.3 is 6.18 Å². The topological polar surface area (TPSA) is 89.3 Å². The van der Waals surface area contributed by atoms with Gasteiger partial charge in [0.15, 0.2) is 0 Å². The summed E-state index contributed by atoms with van der Waals surface area (Å²) < 4.78 is 45.1. The fraction of sp³-hybridized carbons (Fsp3) is 0.238. The number of methoxy groups -OCH3 is 1.